The molecule has 2 rings (SSSR count). The van der Waals surface area contributed by atoms with Gasteiger partial charge in [-0.2, -0.15) is 5.26 Å². The first-order valence-electron chi connectivity index (χ1n) is 5.55. The third-order valence-electron chi connectivity index (χ3n) is 2.55. The van der Waals surface area contributed by atoms with Crippen LogP contribution in [0.1, 0.15) is 12.0 Å². The topological polar surface area (TPSA) is 68.5 Å². The van der Waals surface area contributed by atoms with Gasteiger partial charge < -0.3 is 0 Å². The number of carbonyl (C=O) groups is 1. The van der Waals surface area contributed by atoms with Crippen LogP contribution in [0.5, 0.6) is 0 Å². The van der Waals surface area contributed by atoms with Gasteiger partial charge in [-0.05, 0) is 18.2 Å². The monoisotopic (exact) mass is 264 g/mol. The number of aliphatic imine (C=N–C) groups is 1. The van der Waals surface area contributed by atoms with Gasteiger partial charge in [0.15, 0.2) is 11.6 Å². The van der Waals surface area contributed by atoms with Gasteiger partial charge in [0.1, 0.15) is 12.4 Å². The highest BCUT2D eigenvalue weighted by atomic mass is 19.2. The van der Waals surface area contributed by atoms with Crippen molar-refractivity contribution in [1.29, 1.82) is 5.26 Å². The highest BCUT2D eigenvalue weighted by Crippen LogP contribution is 2.11. The Hall–Kier alpha value is -2.49. The molecule has 1 amide bonds. The summed E-state index contributed by atoms with van der Waals surface area (Å²) in [6, 6.07) is 5.28. The average Bonchev–Trinajstić information content (AvgIpc) is 2.41. The Morgan fingerprint density at radius 2 is 2.21 bits per heavy atom. The van der Waals surface area contributed by atoms with Gasteiger partial charge in [-0.15, -0.1) is 0 Å². The van der Waals surface area contributed by atoms with Gasteiger partial charge in [0.25, 0.3) is 5.91 Å². The first-order chi connectivity index (χ1) is 9.11. The van der Waals surface area contributed by atoms with Crippen molar-refractivity contribution < 1.29 is 13.6 Å². The molecular weight excluding hydrogens is 254 g/mol. The first-order valence-corrected chi connectivity index (χ1v) is 5.55. The minimum Gasteiger partial charge on any atom is -0.279 e. The molecule has 0 fully saturated rings. The normalized spacial score (nSPS) is 14.7. The molecule has 1 aliphatic rings. The second-order valence-corrected chi connectivity index (χ2v) is 3.86. The van der Waals surface area contributed by atoms with Crippen LogP contribution in [-0.4, -0.2) is 29.8 Å². The number of nitriles is 1. The zero-order chi connectivity index (χ0) is 13.8. The van der Waals surface area contributed by atoms with Gasteiger partial charge in [0, 0.05) is 5.56 Å². The molecule has 0 unspecified atom stereocenters. The van der Waals surface area contributed by atoms with Crippen molar-refractivity contribution in [2.45, 2.75) is 6.42 Å². The quantitative estimate of drug-likeness (QED) is 0.884. The number of halogens is 2. The largest absolute Gasteiger partial charge is 0.279 e. The number of amides is 1. The Labute approximate surface area is 108 Å². The molecule has 0 radical (unpaired) electrons. The molecule has 0 aromatic heterocycles. The number of rotatable bonds is 3. The zero-order valence-electron chi connectivity index (χ0n) is 9.86. The minimum atomic E-state index is -0.984. The second kappa shape index (κ2) is 5.44. The highest BCUT2D eigenvalue weighted by molar-refractivity contribution is 6.02. The van der Waals surface area contributed by atoms with Crippen LogP contribution >= 0.6 is 0 Å². The van der Waals surface area contributed by atoms with Crippen LogP contribution in [0.15, 0.2) is 23.2 Å². The van der Waals surface area contributed by atoms with E-state index in [1.165, 1.54) is 11.1 Å². The summed E-state index contributed by atoms with van der Waals surface area (Å²) < 4.78 is 26.0. The van der Waals surface area contributed by atoms with Crippen LogP contribution in [0.3, 0.4) is 0 Å². The predicted molar refractivity (Wildman–Crippen MR) is 62.8 cm³/mol. The lowest BCUT2D eigenvalue weighted by Gasteiger charge is -2.27. The molecule has 1 aromatic rings. The molecule has 0 saturated carbocycles. The predicted octanol–water partition coefficient (Wildman–Crippen LogP) is 0.972. The number of hydrogen-bond donors (Lipinski definition) is 1. The maximum absolute atomic E-state index is 13.1. The van der Waals surface area contributed by atoms with E-state index in [1.54, 1.807) is 0 Å². The lowest BCUT2D eigenvalue weighted by Crippen LogP contribution is -2.51. The van der Waals surface area contributed by atoms with Crippen molar-refractivity contribution in [3.05, 3.63) is 35.4 Å². The molecule has 7 heteroatoms. The molecule has 0 spiro atoms. The third-order valence-corrected chi connectivity index (χ3v) is 2.55. The Morgan fingerprint density at radius 1 is 1.42 bits per heavy atom. The van der Waals surface area contributed by atoms with Gasteiger partial charge >= 0.3 is 0 Å². The summed E-state index contributed by atoms with van der Waals surface area (Å²) in [7, 11) is 0. The molecule has 0 bridgehead atoms. The molecule has 98 valence electrons. The third kappa shape index (κ3) is 2.85. The van der Waals surface area contributed by atoms with Gasteiger partial charge in [0.2, 0.25) is 0 Å². The molecule has 1 N–H and O–H groups in total. The maximum atomic E-state index is 13.1. The lowest BCUT2D eigenvalue weighted by atomic mass is 10.2. The smallest absolute Gasteiger partial charge is 0.262 e. The van der Waals surface area contributed by atoms with Gasteiger partial charge in [-0.25, -0.2) is 8.78 Å². The number of amidine groups is 1. The SMILES string of the molecule is N#CCCN1NC(c2ccc(F)c(F)c2)=NCC1=O. The van der Waals surface area contributed by atoms with Crippen molar-refractivity contribution in [2.24, 2.45) is 4.99 Å². The summed E-state index contributed by atoms with van der Waals surface area (Å²) in [4.78, 5) is 15.5. The summed E-state index contributed by atoms with van der Waals surface area (Å²) in [5.74, 6) is -1.93. The number of hydrazine groups is 1. The average molecular weight is 264 g/mol. The number of benzene rings is 1. The van der Waals surface area contributed by atoms with Crippen molar-refractivity contribution in [1.82, 2.24) is 10.4 Å². The van der Waals surface area contributed by atoms with E-state index in [0.717, 1.165) is 12.1 Å². The fraction of sp³-hybridized carbons (Fsp3) is 0.250. The Balaban J connectivity index is 2.19. The van der Waals surface area contributed by atoms with Crippen LogP contribution in [0.2, 0.25) is 0 Å². The van der Waals surface area contributed by atoms with E-state index in [0.29, 0.717) is 5.56 Å². The van der Waals surface area contributed by atoms with Gasteiger partial charge in [0.05, 0.1) is 19.0 Å². The van der Waals surface area contributed by atoms with E-state index in [-0.39, 0.29) is 31.3 Å². The van der Waals surface area contributed by atoms with Crippen LogP contribution in [0.4, 0.5) is 8.78 Å². The van der Waals surface area contributed by atoms with Crippen LogP contribution in [0.25, 0.3) is 0 Å². The summed E-state index contributed by atoms with van der Waals surface area (Å²) in [6.45, 7) is 0.116. The van der Waals surface area contributed by atoms with Crippen molar-refractivity contribution in [3.8, 4) is 6.07 Å². The zero-order valence-corrected chi connectivity index (χ0v) is 9.86. The van der Waals surface area contributed by atoms with Crippen LogP contribution < -0.4 is 5.43 Å². The van der Waals surface area contributed by atoms with Gasteiger partial charge in [-0.1, -0.05) is 0 Å². The van der Waals surface area contributed by atoms with Crippen molar-refractivity contribution in [2.75, 3.05) is 13.1 Å². The van der Waals surface area contributed by atoms with E-state index < -0.39 is 11.6 Å². The fourth-order valence-electron chi connectivity index (χ4n) is 1.60. The molecular formula is C12H10F2N4O. The standard InChI is InChI=1S/C12H10F2N4O/c13-9-3-2-8(6-10(9)14)12-16-7-11(19)18(17-12)5-1-4-15/h2-3,6H,1,5,7H2,(H,16,17). The molecule has 1 heterocycles. The van der Waals surface area contributed by atoms with Crippen molar-refractivity contribution >= 4 is 11.7 Å². The van der Waals surface area contributed by atoms with E-state index in [1.807, 2.05) is 6.07 Å². The number of hydrogen-bond acceptors (Lipinski definition) is 4. The summed E-state index contributed by atoms with van der Waals surface area (Å²) in [6.07, 6.45) is 0.170. The first kappa shape index (κ1) is 13.0. The van der Waals surface area contributed by atoms with E-state index in [2.05, 4.69) is 10.4 Å². The van der Waals surface area contributed by atoms with E-state index in [9.17, 15) is 13.6 Å². The molecule has 5 nitrogen and oxygen atoms in total. The maximum Gasteiger partial charge on any atom is 0.262 e. The van der Waals surface area contributed by atoms with E-state index in [4.69, 9.17) is 5.26 Å². The van der Waals surface area contributed by atoms with Gasteiger partial charge in [-0.3, -0.25) is 20.2 Å². The summed E-state index contributed by atoms with van der Waals surface area (Å²) in [5.41, 5.74) is 3.04. The Kier molecular flexibility index (Phi) is 3.71. The lowest BCUT2D eigenvalue weighted by molar-refractivity contribution is -0.132. The fourth-order valence-corrected chi connectivity index (χ4v) is 1.60. The summed E-state index contributed by atoms with van der Waals surface area (Å²) in [5, 5.41) is 9.74. The number of nitrogens with one attached hydrogen (secondary N) is 1. The molecule has 0 aliphatic carbocycles. The number of nitrogens with zero attached hydrogens (tertiary/aromatic N) is 3. The number of carbonyl (C=O) groups excluding carboxylic acids is 1. The molecule has 1 aromatic carbocycles. The summed E-state index contributed by atoms with van der Waals surface area (Å²) >= 11 is 0. The molecule has 19 heavy (non-hydrogen) atoms. The molecule has 1 aliphatic heterocycles. The van der Waals surface area contributed by atoms with Crippen LogP contribution in [0, 0.1) is 23.0 Å². The van der Waals surface area contributed by atoms with Crippen LogP contribution in [-0.2, 0) is 4.79 Å². The minimum absolute atomic E-state index is 0.0905. The second-order valence-electron chi connectivity index (χ2n) is 3.86. The Morgan fingerprint density at radius 3 is 2.89 bits per heavy atom. The highest BCUT2D eigenvalue weighted by Gasteiger charge is 2.21. The van der Waals surface area contributed by atoms with E-state index >= 15 is 0 Å². The van der Waals surface area contributed by atoms with Crippen molar-refractivity contribution in [3.63, 3.8) is 0 Å². The molecule has 0 saturated heterocycles. The molecule has 0 atom stereocenters. The Bertz CT molecular complexity index is 580.